The number of nitrogens with two attached hydrogens (primary N) is 2. The number of primary amides is 1. The zero-order valence-corrected chi connectivity index (χ0v) is 13.5. The molecule has 5 nitrogen and oxygen atoms in total. The van der Waals surface area contributed by atoms with Gasteiger partial charge in [0, 0.05) is 10.7 Å². The molecule has 1 amide bonds. The summed E-state index contributed by atoms with van der Waals surface area (Å²) in [6, 6.07) is 9.69. The van der Waals surface area contributed by atoms with Crippen molar-refractivity contribution in [2.45, 2.75) is 4.90 Å². The van der Waals surface area contributed by atoms with Crippen molar-refractivity contribution in [3.63, 3.8) is 0 Å². The van der Waals surface area contributed by atoms with Gasteiger partial charge in [0.15, 0.2) is 9.84 Å². The van der Waals surface area contributed by atoms with E-state index in [9.17, 15) is 13.2 Å². The molecule has 110 valence electrons. The topological polar surface area (TPSA) is 103 Å². The summed E-state index contributed by atoms with van der Waals surface area (Å²) in [5, 5.41) is 0. The van der Waals surface area contributed by atoms with Gasteiger partial charge in [0.25, 0.3) is 5.91 Å². The quantitative estimate of drug-likeness (QED) is 0.810. The van der Waals surface area contributed by atoms with Crippen LogP contribution in [0.15, 0.2) is 45.8 Å². The van der Waals surface area contributed by atoms with E-state index in [1.165, 1.54) is 12.1 Å². The van der Waals surface area contributed by atoms with E-state index in [1.807, 2.05) is 0 Å². The SMILES string of the molecule is CS(=O)(=O)c1ccc(-c2cc(Br)c(N)c(C(N)=O)c2)cc1. The normalized spacial score (nSPS) is 11.3. The zero-order chi connectivity index (χ0) is 15.8. The van der Waals surface area contributed by atoms with Gasteiger partial charge in [-0.2, -0.15) is 0 Å². The number of anilines is 1. The van der Waals surface area contributed by atoms with Crippen LogP contribution in [0.25, 0.3) is 11.1 Å². The highest BCUT2D eigenvalue weighted by molar-refractivity contribution is 9.10. The Bertz CT molecular complexity index is 815. The fraction of sp³-hybridized carbons (Fsp3) is 0.0714. The molecule has 0 radical (unpaired) electrons. The van der Waals surface area contributed by atoms with E-state index in [0.29, 0.717) is 10.0 Å². The molecule has 0 aliphatic heterocycles. The standard InChI is InChI=1S/C14H13BrN2O3S/c1-21(19,20)10-4-2-8(3-5-10)9-6-11(14(17)18)13(16)12(15)7-9/h2-7H,16H2,1H3,(H2,17,18). The first-order chi connectivity index (χ1) is 9.70. The van der Waals surface area contributed by atoms with Gasteiger partial charge in [-0.3, -0.25) is 4.79 Å². The molecule has 21 heavy (non-hydrogen) atoms. The van der Waals surface area contributed by atoms with E-state index >= 15 is 0 Å². The summed E-state index contributed by atoms with van der Waals surface area (Å²) in [5.41, 5.74) is 13.0. The Morgan fingerprint density at radius 2 is 1.67 bits per heavy atom. The molecule has 2 aromatic rings. The number of sulfone groups is 1. The van der Waals surface area contributed by atoms with Gasteiger partial charge < -0.3 is 11.5 Å². The minimum Gasteiger partial charge on any atom is -0.397 e. The molecule has 0 unspecified atom stereocenters. The van der Waals surface area contributed by atoms with Gasteiger partial charge in [0.2, 0.25) is 0 Å². The van der Waals surface area contributed by atoms with Crippen molar-refractivity contribution in [1.82, 2.24) is 0 Å². The average molecular weight is 369 g/mol. The number of carbonyl (C=O) groups excluding carboxylic acids is 1. The van der Waals surface area contributed by atoms with E-state index in [-0.39, 0.29) is 16.1 Å². The third-order valence-electron chi connectivity index (χ3n) is 3.01. The molecule has 0 spiro atoms. The van der Waals surface area contributed by atoms with Crippen LogP contribution in [0.4, 0.5) is 5.69 Å². The number of nitrogen functional groups attached to an aromatic ring is 1. The summed E-state index contributed by atoms with van der Waals surface area (Å²) in [4.78, 5) is 11.6. The van der Waals surface area contributed by atoms with Crippen LogP contribution in [0, 0.1) is 0 Å². The van der Waals surface area contributed by atoms with E-state index < -0.39 is 15.7 Å². The summed E-state index contributed by atoms with van der Waals surface area (Å²) >= 11 is 3.28. The molecule has 0 heterocycles. The fourth-order valence-corrected chi connectivity index (χ4v) is 2.97. The molecule has 0 bridgehead atoms. The summed E-state index contributed by atoms with van der Waals surface area (Å²) < 4.78 is 23.4. The molecule has 2 rings (SSSR count). The Morgan fingerprint density at radius 1 is 1.10 bits per heavy atom. The van der Waals surface area contributed by atoms with Crippen LogP contribution in [0.2, 0.25) is 0 Å². The van der Waals surface area contributed by atoms with E-state index in [2.05, 4.69) is 15.9 Å². The summed E-state index contributed by atoms with van der Waals surface area (Å²) in [7, 11) is -3.24. The van der Waals surface area contributed by atoms with Crippen molar-refractivity contribution in [3.05, 3.63) is 46.4 Å². The number of benzene rings is 2. The first-order valence-corrected chi connectivity index (χ1v) is 8.58. The van der Waals surface area contributed by atoms with Gasteiger partial charge in [0.05, 0.1) is 16.1 Å². The van der Waals surface area contributed by atoms with E-state index in [1.54, 1.807) is 24.3 Å². The Balaban J connectivity index is 2.55. The van der Waals surface area contributed by atoms with Crippen LogP contribution in [0.1, 0.15) is 10.4 Å². The lowest BCUT2D eigenvalue weighted by Crippen LogP contribution is -2.14. The summed E-state index contributed by atoms with van der Waals surface area (Å²) in [5.74, 6) is -0.622. The van der Waals surface area contributed by atoms with E-state index in [4.69, 9.17) is 11.5 Å². The van der Waals surface area contributed by atoms with Gasteiger partial charge in [-0.25, -0.2) is 8.42 Å². The molecular weight excluding hydrogens is 356 g/mol. The average Bonchev–Trinajstić information content (AvgIpc) is 2.40. The molecule has 7 heteroatoms. The Morgan fingerprint density at radius 3 is 2.14 bits per heavy atom. The second-order valence-electron chi connectivity index (χ2n) is 4.58. The highest BCUT2D eigenvalue weighted by Crippen LogP contribution is 2.31. The van der Waals surface area contributed by atoms with Crippen molar-refractivity contribution in [3.8, 4) is 11.1 Å². The fourth-order valence-electron chi connectivity index (χ4n) is 1.88. The molecule has 0 saturated carbocycles. The maximum Gasteiger partial charge on any atom is 0.250 e. The molecule has 0 saturated heterocycles. The Hall–Kier alpha value is -1.86. The van der Waals surface area contributed by atoms with Crippen molar-refractivity contribution < 1.29 is 13.2 Å². The zero-order valence-electron chi connectivity index (χ0n) is 11.1. The monoisotopic (exact) mass is 368 g/mol. The Kier molecular flexibility index (Phi) is 4.06. The number of amides is 1. The largest absolute Gasteiger partial charge is 0.397 e. The highest BCUT2D eigenvalue weighted by atomic mass is 79.9. The molecule has 0 aliphatic rings. The third-order valence-corrected chi connectivity index (χ3v) is 4.80. The molecule has 0 fully saturated rings. The summed E-state index contributed by atoms with van der Waals surface area (Å²) in [6.07, 6.45) is 1.15. The second kappa shape index (κ2) is 5.50. The van der Waals surface area contributed by atoms with Crippen LogP contribution in [-0.2, 0) is 9.84 Å². The third kappa shape index (κ3) is 3.25. The number of hydrogen-bond donors (Lipinski definition) is 2. The van der Waals surface area contributed by atoms with Gasteiger partial charge in [-0.15, -0.1) is 0 Å². The van der Waals surface area contributed by atoms with Crippen LogP contribution in [0.3, 0.4) is 0 Å². The minimum atomic E-state index is -3.24. The van der Waals surface area contributed by atoms with Crippen molar-refractivity contribution in [2.75, 3.05) is 12.0 Å². The molecule has 0 aromatic heterocycles. The van der Waals surface area contributed by atoms with Crippen LogP contribution in [-0.4, -0.2) is 20.6 Å². The number of hydrogen-bond acceptors (Lipinski definition) is 4. The van der Waals surface area contributed by atoms with Gasteiger partial charge in [-0.1, -0.05) is 12.1 Å². The van der Waals surface area contributed by atoms with Gasteiger partial charge in [-0.05, 0) is 51.3 Å². The lowest BCUT2D eigenvalue weighted by Gasteiger charge is -2.09. The number of rotatable bonds is 3. The van der Waals surface area contributed by atoms with Crippen molar-refractivity contribution in [2.24, 2.45) is 5.73 Å². The Labute approximate surface area is 131 Å². The van der Waals surface area contributed by atoms with Gasteiger partial charge in [0.1, 0.15) is 0 Å². The number of halogens is 1. The van der Waals surface area contributed by atoms with Gasteiger partial charge >= 0.3 is 0 Å². The second-order valence-corrected chi connectivity index (χ2v) is 7.45. The molecule has 0 atom stereocenters. The van der Waals surface area contributed by atoms with E-state index in [0.717, 1.165) is 11.8 Å². The van der Waals surface area contributed by atoms with Crippen LogP contribution in [0.5, 0.6) is 0 Å². The molecule has 2 aromatic carbocycles. The first kappa shape index (κ1) is 15.5. The lowest BCUT2D eigenvalue weighted by atomic mass is 10.0. The molecular formula is C14H13BrN2O3S. The predicted molar refractivity (Wildman–Crippen MR) is 85.6 cm³/mol. The molecule has 4 N–H and O–H groups in total. The highest BCUT2D eigenvalue weighted by Gasteiger charge is 2.13. The minimum absolute atomic E-state index is 0.214. The summed E-state index contributed by atoms with van der Waals surface area (Å²) in [6.45, 7) is 0. The van der Waals surface area contributed by atoms with Crippen molar-refractivity contribution >= 4 is 37.4 Å². The lowest BCUT2D eigenvalue weighted by molar-refractivity contribution is 0.100. The predicted octanol–water partition coefficient (Wildman–Crippen LogP) is 2.20. The first-order valence-electron chi connectivity index (χ1n) is 5.89. The van der Waals surface area contributed by atoms with Crippen molar-refractivity contribution in [1.29, 1.82) is 0 Å². The van der Waals surface area contributed by atoms with Crippen LogP contribution >= 0.6 is 15.9 Å². The smallest absolute Gasteiger partial charge is 0.250 e. The maximum absolute atomic E-state index is 11.4. The maximum atomic E-state index is 11.4. The molecule has 0 aliphatic carbocycles. The van der Waals surface area contributed by atoms with Crippen LogP contribution < -0.4 is 11.5 Å². The number of carbonyl (C=O) groups is 1.